The minimum absolute atomic E-state index is 0.116. The van der Waals surface area contributed by atoms with Crippen LogP contribution in [0.1, 0.15) is 18.4 Å². The molecule has 0 saturated carbocycles. The number of amides is 2. The van der Waals surface area contributed by atoms with E-state index in [1.165, 1.54) is 9.91 Å². The van der Waals surface area contributed by atoms with Gasteiger partial charge in [-0.05, 0) is 42.0 Å². The summed E-state index contributed by atoms with van der Waals surface area (Å²) < 4.78 is 0. The topological polar surface area (TPSA) is 53.0 Å². The first kappa shape index (κ1) is 18.4. The van der Waals surface area contributed by atoms with Crippen LogP contribution in [0.25, 0.3) is 0 Å². The summed E-state index contributed by atoms with van der Waals surface area (Å²) in [4.78, 5) is 26.2. The van der Waals surface area contributed by atoms with Crippen LogP contribution in [0.2, 0.25) is 10.0 Å². The maximum atomic E-state index is 12.5. The van der Waals surface area contributed by atoms with E-state index >= 15 is 0 Å². The highest BCUT2D eigenvalue weighted by Crippen LogP contribution is 2.19. The molecule has 0 bridgehead atoms. The zero-order valence-corrected chi connectivity index (χ0v) is 15.7. The van der Waals surface area contributed by atoms with Crippen molar-refractivity contribution in [2.24, 2.45) is 5.10 Å². The van der Waals surface area contributed by atoms with Crippen molar-refractivity contribution >= 4 is 46.4 Å². The largest absolute Gasteiger partial charge is 0.314 e. The van der Waals surface area contributed by atoms with Crippen molar-refractivity contribution < 1.29 is 9.59 Å². The molecule has 0 aromatic heterocycles. The lowest BCUT2D eigenvalue weighted by molar-refractivity contribution is -0.135. The molecule has 7 heteroatoms. The van der Waals surface area contributed by atoms with Crippen LogP contribution >= 0.6 is 23.2 Å². The second-order valence-electron chi connectivity index (χ2n) is 5.93. The lowest BCUT2D eigenvalue weighted by Gasteiger charge is -2.25. The van der Waals surface area contributed by atoms with Crippen molar-refractivity contribution in [2.75, 3.05) is 18.5 Å². The lowest BCUT2D eigenvalue weighted by atomic mass is 10.0. The molecule has 2 amide bonds. The van der Waals surface area contributed by atoms with Crippen molar-refractivity contribution in [2.45, 2.75) is 12.8 Å². The number of anilines is 1. The first-order valence-corrected chi connectivity index (χ1v) is 8.85. The SMILES string of the molecule is CN(C(=O)CN1N=C(c2ccc(Cl)cc2)CCC1=O)c1ccc(Cl)cc1. The van der Waals surface area contributed by atoms with Gasteiger partial charge in [-0.15, -0.1) is 0 Å². The molecule has 0 spiro atoms. The first-order valence-electron chi connectivity index (χ1n) is 8.10. The number of likely N-dealkylation sites (N-methyl/N-ethyl adjacent to an activating group) is 1. The predicted molar refractivity (Wildman–Crippen MR) is 104 cm³/mol. The van der Waals surface area contributed by atoms with Crippen LogP contribution in [0.4, 0.5) is 5.69 Å². The van der Waals surface area contributed by atoms with Gasteiger partial charge in [-0.1, -0.05) is 35.3 Å². The van der Waals surface area contributed by atoms with Crippen LogP contribution in [-0.4, -0.2) is 36.1 Å². The highest BCUT2D eigenvalue weighted by atomic mass is 35.5. The highest BCUT2D eigenvalue weighted by molar-refractivity contribution is 6.31. The van der Waals surface area contributed by atoms with Gasteiger partial charge in [-0.25, -0.2) is 5.01 Å². The van der Waals surface area contributed by atoms with Gasteiger partial charge >= 0.3 is 0 Å². The summed E-state index contributed by atoms with van der Waals surface area (Å²) in [6.07, 6.45) is 0.859. The zero-order valence-electron chi connectivity index (χ0n) is 14.2. The monoisotopic (exact) mass is 389 g/mol. The molecule has 2 aromatic carbocycles. The van der Waals surface area contributed by atoms with Gasteiger partial charge in [0.05, 0.1) is 5.71 Å². The fraction of sp³-hybridized carbons (Fsp3) is 0.211. The Morgan fingerprint density at radius 3 is 2.23 bits per heavy atom. The maximum absolute atomic E-state index is 12.5. The van der Waals surface area contributed by atoms with Crippen LogP contribution in [0.15, 0.2) is 53.6 Å². The fourth-order valence-corrected chi connectivity index (χ4v) is 2.87. The van der Waals surface area contributed by atoms with Crippen molar-refractivity contribution in [1.29, 1.82) is 0 Å². The molecule has 1 heterocycles. The van der Waals surface area contributed by atoms with Crippen molar-refractivity contribution in [3.05, 3.63) is 64.1 Å². The normalized spacial score (nSPS) is 14.2. The van der Waals surface area contributed by atoms with Gasteiger partial charge in [0.1, 0.15) is 6.54 Å². The van der Waals surface area contributed by atoms with Crippen molar-refractivity contribution in [3.8, 4) is 0 Å². The van der Waals surface area contributed by atoms with Gasteiger partial charge in [0.2, 0.25) is 11.8 Å². The molecule has 0 atom stereocenters. The third-order valence-corrected chi connectivity index (χ3v) is 4.66. The van der Waals surface area contributed by atoms with Gasteiger partial charge in [0, 0.05) is 35.6 Å². The Hall–Kier alpha value is -2.37. The Balaban J connectivity index is 1.75. The molecule has 134 valence electrons. The number of benzene rings is 2. The summed E-state index contributed by atoms with van der Waals surface area (Å²) in [7, 11) is 1.66. The van der Waals surface area contributed by atoms with Gasteiger partial charge in [-0.3, -0.25) is 9.59 Å². The van der Waals surface area contributed by atoms with Gasteiger partial charge in [0.15, 0.2) is 0 Å². The fourth-order valence-electron chi connectivity index (χ4n) is 2.62. The van der Waals surface area contributed by atoms with E-state index in [9.17, 15) is 9.59 Å². The molecular weight excluding hydrogens is 373 g/mol. The molecule has 0 unspecified atom stereocenters. The predicted octanol–water partition coefficient (Wildman–Crippen LogP) is 3.98. The third-order valence-electron chi connectivity index (χ3n) is 4.16. The summed E-state index contributed by atoms with van der Waals surface area (Å²) in [5.74, 6) is -0.401. The number of carbonyl (C=O) groups excluding carboxylic acids is 2. The number of carbonyl (C=O) groups is 2. The van der Waals surface area contributed by atoms with Crippen LogP contribution in [0.3, 0.4) is 0 Å². The molecule has 1 aliphatic heterocycles. The summed E-state index contributed by atoms with van der Waals surface area (Å²) in [5.41, 5.74) is 2.36. The number of hydrogen-bond acceptors (Lipinski definition) is 3. The first-order chi connectivity index (χ1) is 12.4. The summed E-state index contributed by atoms with van der Waals surface area (Å²) >= 11 is 11.8. The zero-order chi connectivity index (χ0) is 18.7. The van der Waals surface area contributed by atoms with Crippen molar-refractivity contribution in [1.82, 2.24) is 5.01 Å². The van der Waals surface area contributed by atoms with E-state index in [1.54, 1.807) is 43.4 Å². The van der Waals surface area contributed by atoms with E-state index in [0.29, 0.717) is 28.6 Å². The van der Waals surface area contributed by atoms with E-state index in [0.717, 1.165) is 11.3 Å². The van der Waals surface area contributed by atoms with Crippen LogP contribution < -0.4 is 4.90 Å². The molecule has 1 aliphatic rings. The molecule has 26 heavy (non-hydrogen) atoms. The molecule has 3 rings (SSSR count). The van der Waals surface area contributed by atoms with Crippen LogP contribution in [0.5, 0.6) is 0 Å². The van der Waals surface area contributed by atoms with E-state index in [-0.39, 0.29) is 18.4 Å². The number of rotatable bonds is 4. The van der Waals surface area contributed by atoms with E-state index in [4.69, 9.17) is 23.2 Å². The Kier molecular flexibility index (Phi) is 5.59. The molecule has 0 fully saturated rings. The molecular formula is C19H17Cl2N3O2. The number of nitrogens with zero attached hydrogens (tertiary/aromatic N) is 3. The number of hydrogen-bond donors (Lipinski definition) is 0. The summed E-state index contributed by atoms with van der Waals surface area (Å²) in [6, 6.07) is 14.2. The standard InChI is InChI=1S/C19H17Cl2N3O2/c1-23(16-8-6-15(21)7-9-16)19(26)12-24-18(25)11-10-17(22-24)13-2-4-14(20)5-3-13/h2-9H,10-12H2,1H3. The molecule has 0 saturated heterocycles. The lowest BCUT2D eigenvalue weighted by Crippen LogP contribution is -2.41. The average Bonchev–Trinajstić information content (AvgIpc) is 2.64. The van der Waals surface area contributed by atoms with Crippen LogP contribution in [0, 0.1) is 0 Å². The van der Waals surface area contributed by atoms with Crippen molar-refractivity contribution in [3.63, 3.8) is 0 Å². The molecule has 0 aliphatic carbocycles. The van der Waals surface area contributed by atoms with Gasteiger partial charge in [0.25, 0.3) is 0 Å². The quantitative estimate of drug-likeness (QED) is 0.793. The van der Waals surface area contributed by atoms with E-state index in [2.05, 4.69) is 5.10 Å². The minimum atomic E-state index is -0.234. The second-order valence-corrected chi connectivity index (χ2v) is 6.81. The number of hydrazone groups is 1. The smallest absolute Gasteiger partial charge is 0.248 e. The van der Waals surface area contributed by atoms with Gasteiger partial charge < -0.3 is 4.90 Å². The van der Waals surface area contributed by atoms with Gasteiger partial charge in [-0.2, -0.15) is 5.10 Å². The minimum Gasteiger partial charge on any atom is -0.314 e. The Morgan fingerprint density at radius 1 is 1.04 bits per heavy atom. The Bertz CT molecular complexity index is 848. The molecule has 2 aromatic rings. The summed E-state index contributed by atoms with van der Waals surface area (Å²) in [6.45, 7) is -0.116. The second kappa shape index (κ2) is 7.89. The molecule has 5 nitrogen and oxygen atoms in total. The highest BCUT2D eigenvalue weighted by Gasteiger charge is 2.25. The average molecular weight is 390 g/mol. The Morgan fingerprint density at radius 2 is 1.62 bits per heavy atom. The number of halogens is 2. The van der Waals surface area contributed by atoms with E-state index in [1.807, 2.05) is 12.1 Å². The van der Waals surface area contributed by atoms with E-state index < -0.39 is 0 Å². The van der Waals surface area contributed by atoms with Crippen LogP contribution in [-0.2, 0) is 9.59 Å². The molecule has 0 radical (unpaired) electrons. The maximum Gasteiger partial charge on any atom is 0.248 e. The summed E-state index contributed by atoms with van der Waals surface area (Å²) in [5, 5.41) is 6.85. The third kappa shape index (κ3) is 4.23. The Labute approximate surface area is 161 Å². The molecule has 0 N–H and O–H groups in total.